The van der Waals surface area contributed by atoms with Gasteiger partial charge < -0.3 is 15.0 Å². The van der Waals surface area contributed by atoms with Crippen molar-refractivity contribution in [2.45, 2.75) is 83.2 Å². The number of sulfone groups is 1. The largest absolute Gasteiger partial charge is 0.477 e. The highest BCUT2D eigenvalue weighted by atomic mass is 32.2. The summed E-state index contributed by atoms with van der Waals surface area (Å²) in [5.74, 6) is 1.12. The number of nitrogens with zero attached hydrogens (tertiary/aromatic N) is 1. The monoisotopic (exact) mass is 464 g/mol. The maximum absolute atomic E-state index is 12.8. The summed E-state index contributed by atoms with van der Waals surface area (Å²) in [5, 5.41) is 3.01. The maximum atomic E-state index is 12.8. The van der Waals surface area contributed by atoms with Crippen LogP contribution in [0.1, 0.15) is 77.6 Å². The first-order valence-corrected chi connectivity index (χ1v) is 14.3. The van der Waals surface area contributed by atoms with Crippen molar-refractivity contribution in [1.82, 2.24) is 5.32 Å². The van der Waals surface area contributed by atoms with Gasteiger partial charge in [-0.15, -0.1) is 0 Å². The molecule has 1 atom stereocenters. The third kappa shape index (κ3) is 7.12. The number of hydrogen-bond donors (Lipinski definition) is 1. The average Bonchev–Trinajstić information content (AvgIpc) is 2.78. The fraction of sp³-hybridized carbons (Fsp3) is 0.720. The van der Waals surface area contributed by atoms with Crippen LogP contribution in [0.15, 0.2) is 24.3 Å². The Morgan fingerprint density at radius 1 is 0.969 bits per heavy atom. The Balaban J connectivity index is 1.54. The minimum Gasteiger partial charge on any atom is -0.477 e. The van der Waals surface area contributed by atoms with Gasteiger partial charge in [-0.3, -0.25) is 4.79 Å². The van der Waals surface area contributed by atoms with Crippen LogP contribution in [-0.2, 0) is 14.6 Å². The smallest absolute Gasteiger partial charge is 0.264 e. The number of rotatable bonds is 12. The Morgan fingerprint density at radius 2 is 1.59 bits per heavy atom. The molecule has 2 heterocycles. The van der Waals surface area contributed by atoms with Gasteiger partial charge in [0.05, 0.1) is 11.5 Å². The van der Waals surface area contributed by atoms with E-state index >= 15 is 0 Å². The molecule has 0 aromatic heterocycles. The van der Waals surface area contributed by atoms with Crippen molar-refractivity contribution in [1.29, 1.82) is 0 Å². The van der Waals surface area contributed by atoms with Crippen molar-refractivity contribution in [3.8, 4) is 5.75 Å². The Hall–Kier alpha value is -1.76. The Morgan fingerprint density at radius 3 is 2.22 bits per heavy atom. The van der Waals surface area contributed by atoms with E-state index in [0.29, 0.717) is 18.8 Å². The normalized spacial score (nSPS) is 23.0. The number of hydrogen-bond acceptors (Lipinski definition) is 5. The summed E-state index contributed by atoms with van der Waals surface area (Å²) in [7, 11) is -2.90. The molecule has 3 rings (SSSR count). The van der Waals surface area contributed by atoms with Crippen LogP contribution < -0.4 is 15.0 Å². The molecule has 1 aromatic carbocycles. The molecule has 2 saturated heterocycles. The van der Waals surface area contributed by atoms with Crippen LogP contribution in [0.2, 0.25) is 0 Å². The zero-order valence-corrected chi connectivity index (χ0v) is 20.4. The lowest BCUT2D eigenvalue weighted by molar-refractivity contribution is -0.141. The third-order valence-corrected chi connectivity index (χ3v) is 8.36. The summed E-state index contributed by atoms with van der Waals surface area (Å²) >= 11 is 0. The fourth-order valence-corrected chi connectivity index (χ4v) is 5.90. The third-order valence-electron chi connectivity index (χ3n) is 6.75. The predicted molar refractivity (Wildman–Crippen MR) is 130 cm³/mol. The van der Waals surface area contributed by atoms with E-state index < -0.39 is 15.4 Å². The first-order chi connectivity index (χ1) is 15.4. The summed E-state index contributed by atoms with van der Waals surface area (Å²) in [6, 6.07) is 7.77. The summed E-state index contributed by atoms with van der Waals surface area (Å²) in [5.41, 5.74) is 0.221. The van der Waals surface area contributed by atoms with Gasteiger partial charge >= 0.3 is 0 Å². The van der Waals surface area contributed by atoms with Gasteiger partial charge in [-0.2, -0.15) is 0 Å². The molecule has 7 heteroatoms. The quantitative estimate of drug-likeness (QED) is 0.462. The molecule has 2 aliphatic rings. The molecule has 1 unspecified atom stereocenters. The lowest BCUT2D eigenvalue weighted by Crippen LogP contribution is -2.55. The molecule has 0 radical (unpaired) electrons. The summed E-state index contributed by atoms with van der Waals surface area (Å²) in [6.45, 7) is 4.00. The summed E-state index contributed by atoms with van der Waals surface area (Å²) in [6.07, 6.45) is 12.3. The molecule has 2 aliphatic heterocycles. The zero-order chi connectivity index (χ0) is 22.9. The van der Waals surface area contributed by atoms with E-state index in [2.05, 4.69) is 17.1 Å². The first-order valence-electron chi connectivity index (χ1n) is 12.5. The molecular weight excluding hydrogens is 424 g/mol. The van der Waals surface area contributed by atoms with Crippen LogP contribution in [-0.4, -0.2) is 51.1 Å². The number of piperidine rings is 1. The van der Waals surface area contributed by atoms with Crippen molar-refractivity contribution in [3.63, 3.8) is 0 Å². The van der Waals surface area contributed by atoms with E-state index in [-0.39, 0.29) is 17.4 Å². The first kappa shape index (κ1) is 24.9. The summed E-state index contributed by atoms with van der Waals surface area (Å²) in [4.78, 5) is 14.9. The highest BCUT2D eigenvalue weighted by molar-refractivity contribution is 7.91. The topological polar surface area (TPSA) is 75.7 Å². The second kappa shape index (κ2) is 11.9. The van der Waals surface area contributed by atoms with E-state index in [1.165, 1.54) is 38.5 Å². The van der Waals surface area contributed by atoms with E-state index in [1.54, 1.807) is 0 Å². The van der Waals surface area contributed by atoms with Gasteiger partial charge in [-0.05, 0) is 49.9 Å². The Bertz CT molecular complexity index is 811. The van der Waals surface area contributed by atoms with Crippen LogP contribution in [0.4, 0.5) is 5.69 Å². The Labute approximate surface area is 194 Å². The second-order valence-electron chi connectivity index (χ2n) is 9.31. The van der Waals surface area contributed by atoms with Gasteiger partial charge in [0, 0.05) is 25.3 Å². The van der Waals surface area contributed by atoms with Gasteiger partial charge in [0.15, 0.2) is 15.4 Å². The van der Waals surface area contributed by atoms with Crippen LogP contribution in [0.25, 0.3) is 0 Å². The number of amides is 1. The zero-order valence-electron chi connectivity index (χ0n) is 19.6. The Kier molecular flexibility index (Phi) is 9.26. The lowest BCUT2D eigenvalue weighted by Gasteiger charge is -2.36. The SMILES string of the molecule is CCCCCCCCCCC1(Oc2ccc(N3CCS(=O)(=O)CC3)cc2)CCCNC1=O. The molecule has 1 amide bonds. The molecule has 1 N–H and O–H groups in total. The number of nitrogens with one attached hydrogen (secondary N) is 1. The molecule has 0 spiro atoms. The number of anilines is 1. The lowest BCUT2D eigenvalue weighted by atomic mass is 9.87. The molecule has 0 saturated carbocycles. The highest BCUT2D eigenvalue weighted by Gasteiger charge is 2.42. The summed E-state index contributed by atoms with van der Waals surface area (Å²) < 4.78 is 29.7. The molecule has 180 valence electrons. The highest BCUT2D eigenvalue weighted by Crippen LogP contribution is 2.32. The van der Waals surface area contributed by atoms with Crippen molar-refractivity contribution in [2.24, 2.45) is 0 Å². The maximum Gasteiger partial charge on any atom is 0.264 e. The predicted octanol–water partition coefficient (Wildman–Crippen LogP) is 4.48. The standard InChI is InChI=1S/C25H40N2O4S/c1-2-3-4-5-6-7-8-9-15-25(16-10-17-26-24(25)28)31-23-13-11-22(12-14-23)27-18-20-32(29,30)21-19-27/h11-14H,2-10,15-21H2,1H3,(H,26,28). The number of carbonyl (C=O) groups is 1. The van der Waals surface area contributed by atoms with Crippen molar-refractivity contribution < 1.29 is 17.9 Å². The van der Waals surface area contributed by atoms with Crippen LogP contribution >= 0.6 is 0 Å². The number of ether oxygens (including phenoxy) is 1. The molecule has 6 nitrogen and oxygen atoms in total. The van der Waals surface area contributed by atoms with Crippen molar-refractivity contribution in [3.05, 3.63) is 24.3 Å². The molecular formula is C25H40N2O4S. The molecule has 0 aliphatic carbocycles. The van der Waals surface area contributed by atoms with Gasteiger partial charge in [0.2, 0.25) is 0 Å². The van der Waals surface area contributed by atoms with Gasteiger partial charge in [0.25, 0.3) is 5.91 Å². The number of unbranched alkanes of at least 4 members (excludes halogenated alkanes) is 7. The van der Waals surface area contributed by atoms with E-state index in [9.17, 15) is 13.2 Å². The van der Waals surface area contributed by atoms with Crippen molar-refractivity contribution >= 4 is 21.4 Å². The van der Waals surface area contributed by atoms with Crippen LogP contribution in [0.5, 0.6) is 5.75 Å². The minimum absolute atomic E-state index is 0.0111. The van der Waals surface area contributed by atoms with E-state index in [0.717, 1.165) is 44.3 Å². The molecule has 1 aromatic rings. The van der Waals surface area contributed by atoms with E-state index in [1.807, 2.05) is 24.3 Å². The van der Waals surface area contributed by atoms with Gasteiger partial charge in [-0.1, -0.05) is 51.9 Å². The number of benzene rings is 1. The second-order valence-corrected chi connectivity index (χ2v) is 11.6. The van der Waals surface area contributed by atoms with E-state index in [4.69, 9.17) is 4.74 Å². The van der Waals surface area contributed by atoms with Crippen molar-refractivity contribution in [2.75, 3.05) is 36.0 Å². The van der Waals surface area contributed by atoms with Crippen LogP contribution in [0.3, 0.4) is 0 Å². The molecule has 32 heavy (non-hydrogen) atoms. The van der Waals surface area contributed by atoms with Gasteiger partial charge in [0.1, 0.15) is 5.75 Å². The fourth-order valence-electron chi connectivity index (χ4n) is 4.70. The van der Waals surface area contributed by atoms with Crippen LogP contribution in [0, 0.1) is 0 Å². The molecule has 0 bridgehead atoms. The molecule has 2 fully saturated rings. The average molecular weight is 465 g/mol. The minimum atomic E-state index is -2.90. The number of carbonyl (C=O) groups excluding carboxylic acids is 1. The van der Waals surface area contributed by atoms with Gasteiger partial charge in [-0.25, -0.2) is 8.42 Å².